The normalized spacial score (nSPS) is 25.5. The molecule has 1 atom stereocenters. The Hall–Kier alpha value is -2.19. The molecule has 1 aromatic rings. The number of hydrogen-bond donors (Lipinski definition) is 0. The Kier molecular flexibility index (Phi) is 4.32. The zero-order valence-electron chi connectivity index (χ0n) is 13.4. The van der Waals surface area contributed by atoms with Crippen molar-refractivity contribution in [3.8, 4) is 6.07 Å². The highest BCUT2D eigenvalue weighted by Gasteiger charge is 2.49. The van der Waals surface area contributed by atoms with E-state index in [4.69, 9.17) is 0 Å². The van der Waals surface area contributed by atoms with Crippen molar-refractivity contribution in [1.29, 1.82) is 5.26 Å². The monoisotopic (exact) mass is 330 g/mol. The number of ketones is 1. The molecule has 1 aromatic heterocycles. The second-order valence-electron chi connectivity index (χ2n) is 6.59. The van der Waals surface area contributed by atoms with E-state index in [2.05, 4.69) is 33.9 Å². The summed E-state index contributed by atoms with van der Waals surface area (Å²) < 4.78 is 0. The summed E-state index contributed by atoms with van der Waals surface area (Å²) in [4.78, 5) is 23.1. The minimum atomic E-state index is -0.641. The van der Waals surface area contributed by atoms with Crippen LogP contribution in [0.15, 0.2) is 41.8 Å². The van der Waals surface area contributed by atoms with Crippen molar-refractivity contribution in [3.05, 3.63) is 41.8 Å². The molecule has 0 unspecified atom stereocenters. The molecule has 0 aromatic carbocycles. The predicted octanol–water partition coefficient (Wildman–Crippen LogP) is 2.71. The quantitative estimate of drug-likeness (QED) is 0.740. The molecule has 0 spiro atoms. The highest BCUT2D eigenvalue weighted by molar-refractivity contribution is 6.06. The smallest absolute Gasteiger partial charge is 0.225 e. The molecule has 6 heteroatoms. The molecule has 0 fully saturated rings. The molecule has 2 heterocycles. The van der Waals surface area contributed by atoms with Crippen molar-refractivity contribution in [3.63, 3.8) is 0 Å². The Balaban J connectivity index is 0.00000192. The lowest BCUT2D eigenvalue weighted by Gasteiger charge is -2.47. The molecule has 5 nitrogen and oxygen atoms in total. The molecule has 1 aliphatic heterocycles. The van der Waals surface area contributed by atoms with Gasteiger partial charge < -0.3 is 4.90 Å². The summed E-state index contributed by atoms with van der Waals surface area (Å²) in [6.45, 7) is 7.20. The first-order chi connectivity index (χ1) is 10.4. The number of anilines is 1. The Bertz CT molecular complexity index is 733. The van der Waals surface area contributed by atoms with Crippen LogP contribution in [-0.2, 0) is 4.79 Å². The van der Waals surface area contributed by atoms with Crippen LogP contribution in [-0.4, -0.2) is 28.8 Å². The zero-order valence-corrected chi connectivity index (χ0v) is 14.2. The second-order valence-corrected chi connectivity index (χ2v) is 6.59. The SMILES string of the molecule is CC1(C)C(=O)C(C#N)=C[C@@]2(C)CN(c3ncccn3)CC=C12.Cl. The Labute approximate surface area is 142 Å². The van der Waals surface area contributed by atoms with Crippen molar-refractivity contribution < 1.29 is 4.79 Å². The summed E-state index contributed by atoms with van der Waals surface area (Å²) in [6, 6.07) is 3.84. The number of fused-ring (bicyclic) bond motifs is 1. The van der Waals surface area contributed by atoms with Gasteiger partial charge in [0, 0.05) is 30.9 Å². The first kappa shape index (κ1) is 17.2. The molecule has 0 amide bonds. The molecule has 1 aliphatic carbocycles. The maximum Gasteiger partial charge on any atom is 0.225 e. The van der Waals surface area contributed by atoms with E-state index in [9.17, 15) is 10.1 Å². The summed E-state index contributed by atoms with van der Waals surface area (Å²) in [5.74, 6) is 0.573. The van der Waals surface area contributed by atoms with Crippen LogP contribution in [0.2, 0.25) is 0 Å². The standard InChI is InChI=1S/C17H18N4O.ClH/c1-16(2)13-5-8-21(15-19-6-4-7-20-15)11-17(13,3)9-12(10-18)14(16)22;/h4-7,9H,8,11H2,1-3H3;1H/t17-;/m0./s1. The van der Waals surface area contributed by atoms with Crippen LogP contribution >= 0.6 is 12.4 Å². The van der Waals surface area contributed by atoms with Crippen LogP contribution in [0.1, 0.15) is 20.8 Å². The van der Waals surface area contributed by atoms with Gasteiger partial charge in [-0.2, -0.15) is 5.26 Å². The number of allylic oxidation sites excluding steroid dienone is 1. The summed E-state index contributed by atoms with van der Waals surface area (Å²) in [5, 5.41) is 9.28. The Morgan fingerprint density at radius 3 is 2.52 bits per heavy atom. The fourth-order valence-electron chi connectivity index (χ4n) is 3.61. The van der Waals surface area contributed by atoms with Crippen LogP contribution < -0.4 is 4.90 Å². The van der Waals surface area contributed by atoms with Crippen LogP contribution in [0.25, 0.3) is 0 Å². The molecular weight excluding hydrogens is 312 g/mol. The molecule has 120 valence electrons. The lowest BCUT2D eigenvalue weighted by Crippen LogP contribution is -2.49. The number of carbonyl (C=O) groups is 1. The van der Waals surface area contributed by atoms with Gasteiger partial charge in [0.15, 0.2) is 5.78 Å². The lowest BCUT2D eigenvalue weighted by molar-refractivity contribution is -0.122. The average molecular weight is 331 g/mol. The number of nitriles is 1. The van der Waals surface area contributed by atoms with Gasteiger partial charge in [-0.15, -0.1) is 12.4 Å². The summed E-state index contributed by atoms with van der Waals surface area (Å²) in [6.07, 6.45) is 7.33. The van der Waals surface area contributed by atoms with Crippen molar-refractivity contribution in [1.82, 2.24) is 9.97 Å². The second kappa shape index (κ2) is 5.78. The maximum atomic E-state index is 12.5. The van der Waals surface area contributed by atoms with Gasteiger partial charge in [0.05, 0.1) is 11.0 Å². The van der Waals surface area contributed by atoms with Gasteiger partial charge in [-0.05, 0) is 25.5 Å². The van der Waals surface area contributed by atoms with Gasteiger partial charge >= 0.3 is 0 Å². The molecule has 0 bridgehead atoms. The third-order valence-electron chi connectivity index (χ3n) is 4.55. The van der Waals surface area contributed by atoms with E-state index >= 15 is 0 Å². The Morgan fingerprint density at radius 1 is 1.26 bits per heavy atom. The maximum absolute atomic E-state index is 12.5. The molecule has 0 saturated carbocycles. The van der Waals surface area contributed by atoms with E-state index in [1.54, 1.807) is 18.5 Å². The number of hydrogen-bond acceptors (Lipinski definition) is 5. The van der Waals surface area contributed by atoms with E-state index < -0.39 is 5.41 Å². The predicted molar refractivity (Wildman–Crippen MR) is 90.2 cm³/mol. The molecular formula is C17H19ClN4O. The Morgan fingerprint density at radius 2 is 1.91 bits per heavy atom. The zero-order chi connectivity index (χ0) is 16.0. The molecule has 23 heavy (non-hydrogen) atoms. The fourth-order valence-corrected chi connectivity index (χ4v) is 3.61. The van der Waals surface area contributed by atoms with E-state index in [1.807, 2.05) is 19.9 Å². The van der Waals surface area contributed by atoms with E-state index in [1.165, 1.54) is 0 Å². The number of nitrogens with zero attached hydrogens (tertiary/aromatic N) is 4. The number of aromatic nitrogens is 2. The number of rotatable bonds is 1. The van der Waals surface area contributed by atoms with Crippen molar-refractivity contribution in [2.75, 3.05) is 18.0 Å². The van der Waals surface area contributed by atoms with E-state index in [-0.39, 0.29) is 29.2 Å². The summed E-state index contributed by atoms with van der Waals surface area (Å²) >= 11 is 0. The van der Waals surface area contributed by atoms with Crippen molar-refractivity contribution in [2.45, 2.75) is 20.8 Å². The van der Waals surface area contributed by atoms with E-state index in [0.29, 0.717) is 19.0 Å². The molecule has 2 aliphatic rings. The minimum Gasteiger partial charge on any atom is -0.336 e. The van der Waals surface area contributed by atoms with Crippen LogP contribution in [0, 0.1) is 22.2 Å². The number of halogens is 1. The van der Waals surface area contributed by atoms with Gasteiger partial charge in [-0.1, -0.05) is 19.1 Å². The van der Waals surface area contributed by atoms with E-state index in [0.717, 1.165) is 5.57 Å². The van der Waals surface area contributed by atoms with Gasteiger partial charge in [0.2, 0.25) is 5.95 Å². The lowest BCUT2D eigenvalue weighted by atomic mass is 9.60. The van der Waals surface area contributed by atoms with Crippen LogP contribution in [0.5, 0.6) is 0 Å². The van der Waals surface area contributed by atoms with Gasteiger partial charge in [0.25, 0.3) is 0 Å². The van der Waals surface area contributed by atoms with Gasteiger partial charge in [0.1, 0.15) is 6.07 Å². The van der Waals surface area contributed by atoms with Gasteiger partial charge in [-0.3, -0.25) is 4.79 Å². The van der Waals surface area contributed by atoms with Crippen LogP contribution in [0.4, 0.5) is 5.95 Å². The first-order valence-corrected chi connectivity index (χ1v) is 7.29. The topological polar surface area (TPSA) is 69.9 Å². The third-order valence-corrected chi connectivity index (χ3v) is 4.55. The van der Waals surface area contributed by atoms with Crippen molar-refractivity contribution in [2.24, 2.45) is 10.8 Å². The highest BCUT2D eigenvalue weighted by Crippen LogP contribution is 2.49. The highest BCUT2D eigenvalue weighted by atomic mass is 35.5. The molecule has 0 N–H and O–H groups in total. The average Bonchev–Trinajstić information content (AvgIpc) is 2.51. The molecule has 0 saturated heterocycles. The van der Waals surface area contributed by atoms with Crippen LogP contribution in [0.3, 0.4) is 0 Å². The fraction of sp³-hybridized carbons (Fsp3) is 0.412. The van der Waals surface area contributed by atoms with Gasteiger partial charge in [-0.25, -0.2) is 9.97 Å². The number of Topliss-reactive ketones (excluding diaryl/α,β-unsaturated/α-hetero) is 1. The minimum absolute atomic E-state index is 0. The summed E-state index contributed by atoms with van der Waals surface area (Å²) in [5.41, 5.74) is 0.328. The third kappa shape index (κ3) is 2.64. The van der Waals surface area contributed by atoms with Crippen molar-refractivity contribution >= 4 is 24.1 Å². The molecule has 3 rings (SSSR count). The summed E-state index contributed by atoms with van der Waals surface area (Å²) in [7, 11) is 0. The molecule has 0 radical (unpaired) electrons. The largest absolute Gasteiger partial charge is 0.336 e. The number of carbonyl (C=O) groups excluding carboxylic acids is 1. The first-order valence-electron chi connectivity index (χ1n) is 7.29.